The average molecular weight is 383 g/mol. The lowest BCUT2D eigenvalue weighted by Gasteiger charge is -2.35. The van der Waals surface area contributed by atoms with Gasteiger partial charge in [0, 0.05) is 31.9 Å². The predicted molar refractivity (Wildman–Crippen MR) is 105 cm³/mol. The second-order valence-corrected chi connectivity index (χ2v) is 6.51. The molecule has 0 unspecified atom stereocenters. The lowest BCUT2D eigenvalue weighted by atomic mass is 10.2. The second kappa shape index (κ2) is 8.18. The Morgan fingerprint density at radius 1 is 1.26 bits per heavy atom. The van der Waals surface area contributed by atoms with Crippen LogP contribution in [0.2, 0.25) is 0 Å². The molecule has 8 heteroatoms. The topological polar surface area (TPSA) is 74.4 Å². The number of rotatable bonds is 3. The Morgan fingerprint density at radius 2 is 1.93 bits per heavy atom. The van der Waals surface area contributed by atoms with Crippen molar-refractivity contribution in [3.8, 4) is 11.8 Å². The third-order valence-corrected chi connectivity index (χ3v) is 4.85. The van der Waals surface area contributed by atoms with Crippen LogP contribution in [-0.4, -0.2) is 53.3 Å². The quantitative estimate of drug-likeness (QED) is 0.759. The number of nitriles is 1. The smallest absolute Gasteiger partial charge is 0.409 e. The number of carbonyl (C=O) groups is 1. The third-order valence-electron chi connectivity index (χ3n) is 4.46. The van der Waals surface area contributed by atoms with E-state index in [1.54, 1.807) is 11.8 Å². The molecule has 1 aliphatic heterocycles. The lowest BCUT2D eigenvalue weighted by Crippen LogP contribution is -2.49. The summed E-state index contributed by atoms with van der Waals surface area (Å²) in [6, 6.07) is 11.9. The van der Waals surface area contributed by atoms with Gasteiger partial charge in [0.1, 0.15) is 22.1 Å². The molecular weight excluding hydrogens is 362 g/mol. The van der Waals surface area contributed by atoms with E-state index < -0.39 is 0 Å². The molecule has 0 N–H and O–H groups in total. The Labute approximate surface area is 163 Å². The number of hydrogen-bond donors (Lipinski definition) is 0. The van der Waals surface area contributed by atoms with Crippen LogP contribution >= 0.6 is 12.2 Å². The Morgan fingerprint density at radius 3 is 2.52 bits per heavy atom. The predicted octanol–water partition coefficient (Wildman–Crippen LogP) is 3.06. The first-order valence-corrected chi connectivity index (χ1v) is 9.23. The minimum atomic E-state index is -0.305. The van der Waals surface area contributed by atoms with Crippen LogP contribution in [0, 0.1) is 22.9 Å². The number of para-hydroxylation sites is 1. The number of aromatic nitrogens is 2. The molecule has 1 saturated heterocycles. The van der Waals surface area contributed by atoms with Gasteiger partial charge in [0.2, 0.25) is 0 Å². The molecule has 0 spiro atoms. The Balaban J connectivity index is 1.91. The zero-order valence-electron chi connectivity index (χ0n) is 15.4. The SMILES string of the molecule is CCOC(=O)N1CCN(c2nc(C)n(-c3ccccc3)c(=S)c2C#N)CC1. The van der Waals surface area contributed by atoms with Crippen molar-refractivity contribution in [1.82, 2.24) is 14.5 Å². The van der Waals surface area contributed by atoms with Gasteiger partial charge in [-0.1, -0.05) is 30.4 Å². The van der Waals surface area contributed by atoms with Crippen LogP contribution in [0.25, 0.3) is 5.69 Å². The van der Waals surface area contributed by atoms with Gasteiger partial charge in [0.05, 0.1) is 6.61 Å². The monoisotopic (exact) mass is 383 g/mol. The van der Waals surface area contributed by atoms with Crippen LogP contribution in [-0.2, 0) is 4.74 Å². The number of hydrogen-bond acceptors (Lipinski definition) is 6. The van der Waals surface area contributed by atoms with Crippen LogP contribution in [0.1, 0.15) is 18.3 Å². The third kappa shape index (κ3) is 3.78. The van der Waals surface area contributed by atoms with Crippen molar-refractivity contribution in [3.05, 3.63) is 46.4 Å². The fourth-order valence-electron chi connectivity index (χ4n) is 3.14. The summed E-state index contributed by atoms with van der Waals surface area (Å²) < 4.78 is 7.31. The van der Waals surface area contributed by atoms with Crippen LogP contribution in [0.3, 0.4) is 0 Å². The van der Waals surface area contributed by atoms with Crippen molar-refractivity contribution in [2.45, 2.75) is 13.8 Å². The molecule has 0 saturated carbocycles. The molecule has 0 radical (unpaired) electrons. The van der Waals surface area contributed by atoms with Crippen LogP contribution < -0.4 is 4.90 Å². The molecule has 0 atom stereocenters. The molecule has 1 fully saturated rings. The number of aryl methyl sites for hydroxylation is 1. The molecule has 1 aromatic carbocycles. The first kappa shape index (κ1) is 18.9. The summed E-state index contributed by atoms with van der Waals surface area (Å²) in [4.78, 5) is 20.2. The highest BCUT2D eigenvalue weighted by Gasteiger charge is 2.25. The van der Waals surface area contributed by atoms with Gasteiger partial charge in [0.15, 0.2) is 5.82 Å². The molecule has 1 amide bonds. The van der Waals surface area contributed by atoms with Crippen molar-refractivity contribution < 1.29 is 9.53 Å². The minimum absolute atomic E-state index is 0.305. The van der Waals surface area contributed by atoms with Gasteiger partial charge in [-0.25, -0.2) is 9.78 Å². The van der Waals surface area contributed by atoms with Crippen LogP contribution in [0.4, 0.5) is 10.6 Å². The van der Waals surface area contributed by atoms with Crippen molar-refractivity contribution in [3.63, 3.8) is 0 Å². The van der Waals surface area contributed by atoms with E-state index in [9.17, 15) is 10.1 Å². The Hall–Kier alpha value is -2.92. The van der Waals surface area contributed by atoms with E-state index in [0.717, 1.165) is 5.69 Å². The van der Waals surface area contributed by atoms with Crippen molar-refractivity contribution in [1.29, 1.82) is 5.26 Å². The van der Waals surface area contributed by atoms with Gasteiger partial charge in [0.25, 0.3) is 0 Å². The summed E-state index contributed by atoms with van der Waals surface area (Å²) in [5.41, 5.74) is 1.26. The number of amides is 1. The molecular formula is C19H21N5O2S. The fraction of sp³-hybridized carbons (Fsp3) is 0.368. The summed E-state index contributed by atoms with van der Waals surface area (Å²) in [6.07, 6.45) is -0.305. The molecule has 2 heterocycles. The number of anilines is 1. The van der Waals surface area contributed by atoms with E-state index in [1.807, 2.05) is 46.7 Å². The average Bonchev–Trinajstić information content (AvgIpc) is 2.69. The van der Waals surface area contributed by atoms with Crippen molar-refractivity contribution in [2.75, 3.05) is 37.7 Å². The van der Waals surface area contributed by atoms with E-state index in [2.05, 4.69) is 11.1 Å². The van der Waals surface area contributed by atoms with Gasteiger partial charge < -0.3 is 14.5 Å². The maximum absolute atomic E-state index is 11.9. The van der Waals surface area contributed by atoms with Gasteiger partial charge >= 0.3 is 6.09 Å². The number of benzene rings is 1. The minimum Gasteiger partial charge on any atom is -0.450 e. The fourth-order valence-corrected chi connectivity index (χ4v) is 3.51. The maximum atomic E-state index is 11.9. The number of piperazine rings is 1. The summed E-state index contributed by atoms with van der Waals surface area (Å²) in [6.45, 7) is 6.21. The highest BCUT2D eigenvalue weighted by Crippen LogP contribution is 2.24. The molecule has 2 aromatic rings. The molecule has 0 aliphatic carbocycles. The zero-order chi connectivity index (χ0) is 19.4. The van der Waals surface area contributed by atoms with E-state index in [1.165, 1.54) is 0 Å². The zero-order valence-corrected chi connectivity index (χ0v) is 16.2. The molecule has 3 rings (SSSR count). The largest absolute Gasteiger partial charge is 0.450 e. The second-order valence-electron chi connectivity index (χ2n) is 6.12. The van der Waals surface area contributed by atoms with Crippen molar-refractivity contribution >= 4 is 24.1 Å². The molecule has 140 valence electrons. The van der Waals surface area contributed by atoms with E-state index in [0.29, 0.717) is 54.6 Å². The first-order valence-electron chi connectivity index (χ1n) is 8.82. The summed E-state index contributed by atoms with van der Waals surface area (Å²) in [5, 5.41) is 9.72. The van der Waals surface area contributed by atoms with Gasteiger partial charge in [-0.05, 0) is 26.0 Å². The number of nitrogens with zero attached hydrogens (tertiary/aromatic N) is 5. The van der Waals surface area contributed by atoms with Crippen molar-refractivity contribution in [2.24, 2.45) is 0 Å². The van der Waals surface area contributed by atoms with E-state index in [4.69, 9.17) is 17.0 Å². The highest BCUT2D eigenvalue weighted by atomic mass is 32.1. The van der Waals surface area contributed by atoms with E-state index >= 15 is 0 Å². The maximum Gasteiger partial charge on any atom is 0.409 e. The highest BCUT2D eigenvalue weighted by molar-refractivity contribution is 7.71. The lowest BCUT2D eigenvalue weighted by molar-refractivity contribution is 0.105. The molecule has 7 nitrogen and oxygen atoms in total. The van der Waals surface area contributed by atoms with E-state index in [-0.39, 0.29) is 6.09 Å². The number of carbonyl (C=O) groups excluding carboxylic acids is 1. The number of ether oxygens (including phenoxy) is 1. The summed E-state index contributed by atoms with van der Waals surface area (Å²) >= 11 is 5.61. The molecule has 1 aliphatic rings. The Bertz CT molecular complexity index is 928. The Kier molecular flexibility index (Phi) is 5.72. The summed E-state index contributed by atoms with van der Waals surface area (Å²) in [7, 11) is 0. The molecule has 0 bridgehead atoms. The normalized spacial score (nSPS) is 14.0. The van der Waals surface area contributed by atoms with Crippen LogP contribution in [0.5, 0.6) is 0 Å². The summed E-state index contributed by atoms with van der Waals surface area (Å²) in [5.74, 6) is 1.30. The van der Waals surface area contributed by atoms with Crippen LogP contribution in [0.15, 0.2) is 30.3 Å². The molecule has 27 heavy (non-hydrogen) atoms. The standard InChI is InChI=1S/C19H21N5O2S/c1-3-26-19(25)23-11-9-22(10-12-23)17-16(13-20)18(27)24(14(2)21-17)15-7-5-4-6-8-15/h4-8H,3,9-12H2,1-2H3. The molecule has 1 aromatic heterocycles. The van der Waals surface area contributed by atoms with Gasteiger partial charge in [-0.2, -0.15) is 5.26 Å². The first-order chi connectivity index (χ1) is 13.1. The van der Waals surface area contributed by atoms with Gasteiger partial charge in [-0.3, -0.25) is 4.57 Å². The van der Waals surface area contributed by atoms with Gasteiger partial charge in [-0.15, -0.1) is 0 Å².